The Hall–Kier alpha value is -3.39. The molecule has 0 aliphatic heterocycles. The average Bonchev–Trinajstić information content (AvgIpc) is 3.15. The van der Waals surface area contributed by atoms with Crippen LogP contribution in [0.5, 0.6) is 0 Å². The van der Waals surface area contributed by atoms with Gasteiger partial charge < -0.3 is 11.1 Å². The Kier molecular flexibility index (Phi) is 5.84. The molecule has 8 nitrogen and oxygen atoms in total. The Morgan fingerprint density at radius 2 is 2.00 bits per heavy atom. The van der Waals surface area contributed by atoms with Crippen molar-refractivity contribution in [1.82, 2.24) is 20.0 Å². The highest BCUT2D eigenvalue weighted by Gasteiger charge is 2.17. The summed E-state index contributed by atoms with van der Waals surface area (Å²) in [5.74, 6) is -1.13. The first-order valence-corrected chi connectivity index (χ1v) is 9.27. The van der Waals surface area contributed by atoms with Crippen molar-refractivity contribution in [2.75, 3.05) is 5.32 Å². The summed E-state index contributed by atoms with van der Waals surface area (Å²) in [6.07, 6.45) is 3.07. The normalized spacial score (nSPS) is 11.2. The lowest BCUT2D eigenvalue weighted by Gasteiger charge is -2.06. The zero-order valence-corrected chi connectivity index (χ0v) is 17.0. The van der Waals surface area contributed by atoms with Crippen LogP contribution in [0.15, 0.2) is 30.3 Å². The Morgan fingerprint density at radius 1 is 1.28 bits per heavy atom. The van der Waals surface area contributed by atoms with Crippen molar-refractivity contribution in [2.45, 2.75) is 27.3 Å². The molecule has 0 aliphatic rings. The van der Waals surface area contributed by atoms with Gasteiger partial charge in [-0.15, -0.1) is 0 Å². The van der Waals surface area contributed by atoms with Gasteiger partial charge in [0.05, 0.1) is 23.6 Å². The Morgan fingerprint density at radius 3 is 2.69 bits per heavy atom. The zero-order chi connectivity index (χ0) is 21.1. The van der Waals surface area contributed by atoms with Gasteiger partial charge >= 0.3 is 0 Å². The number of halogens is 1. The van der Waals surface area contributed by atoms with E-state index in [0.29, 0.717) is 17.3 Å². The number of nitrogens with zero attached hydrogens (tertiary/aromatic N) is 3. The predicted molar refractivity (Wildman–Crippen MR) is 112 cm³/mol. The minimum atomic E-state index is -0.721. The average molecular weight is 413 g/mol. The Bertz CT molecular complexity index is 1110. The highest BCUT2D eigenvalue weighted by Crippen LogP contribution is 2.21. The molecule has 0 radical (unpaired) electrons. The van der Waals surface area contributed by atoms with Crippen LogP contribution < -0.4 is 11.1 Å². The van der Waals surface area contributed by atoms with Crippen LogP contribution in [0.3, 0.4) is 0 Å². The van der Waals surface area contributed by atoms with Crippen molar-refractivity contribution in [3.05, 3.63) is 69.3 Å². The van der Waals surface area contributed by atoms with E-state index in [0.717, 1.165) is 22.5 Å². The zero-order valence-electron chi connectivity index (χ0n) is 16.3. The van der Waals surface area contributed by atoms with Gasteiger partial charge in [0.1, 0.15) is 0 Å². The number of carbonyl (C=O) groups is 2. The fourth-order valence-electron chi connectivity index (χ4n) is 2.98. The smallest absolute Gasteiger partial charge is 0.271 e. The molecule has 150 valence electrons. The molecule has 0 atom stereocenters. The van der Waals surface area contributed by atoms with Crippen LogP contribution in [0, 0.1) is 20.8 Å². The van der Waals surface area contributed by atoms with Crippen molar-refractivity contribution < 1.29 is 9.59 Å². The van der Waals surface area contributed by atoms with Gasteiger partial charge in [-0.05, 0) is 38.5 Å². The number of nitrogens with two attached hydrogens (primary N) is 1. The number of benzene rings is 1. The number of primary amides is 1. The van der Waals surface area contributed by atoms with Gasteiger partial charge in [0, 0.05) is 22.4 Å². The molecule has 0 aliphatic carbocycles. The fourth-order valence-corrected chi connectivity index (χ4v) is 3.17. The van der Waals surface area contributed by atoms with E-state index in [-0.39, 0.29) is 11.4 Å². The summed E-state index contributed by atoms with van der Waals surface area (Å²) >= 11 is 6.24. The number of rotatable bonds is 6. The van der Waals surface area contributed by atoms with Crippen LogP contribution in [-0.4, -0.2) is 31.8 Å². The number of aromatic amines is 1. The lowest BCUT2D eigenvalue weighted by molar-refractivity contribution is -0.111. The van der Waals surface area contributed by atoms with Crippen LogP contribution in [0.1, 0.15) is 38.7 Å². The third-order valence-electron chi connectivity index (χ3n) is 4.55. The summed E-state index contributed by atoms with van der Waals surface area (Å²) in [6, 6.07) is 7.60. The molecule has 1 aromatic carbocycles. The first kappa shape index (κ1) is 20.3. The number of anilines is 1. The second-order valence-electron chi connectivity index (χ2n) is 6.59. The number of amides is 2. The molecule has 0 bridgehead atoms. The number of aromatic nitrogens is 4. The van der Waals surface area contributed by atoms with E-state index >= 15 is 0 Å². The number of hydrogen-bond donors (Lipinski definition) is 3. The van der Waals surface area contributed by atoms with Crippen molar-refractivity contribution >= 4 is 35.2 Å². The Balaban J connectivity index is 1.78. The molecule has 9 heteroatoms. The van der Waals surface area contributed by atoms with Crippen LogP contribution in [0.2, 0.25) is 5.02 Å². The van der Waals surface area contributed by atoms with Crippen LogP contribution in [0.4, 0.5) is 5.69 Å². The van der Waals surface area contributed by atoms with Gasteiger partial charge in [0.25, 0.3) is 5.91 Å². The largest absolute Gasteiger partial charge is 0.364 e. The summed E-state index contributed by atoms with van der Waals surface area (Å²) in [6.45, 7) is 6.02. The molecule has 0 saturated carbocycles. The molecule has 3 rings (SSSR count). The molecule has 0 unspecified atom stereocenters. The van der Waals surface area contributed by atoms with Gasteiger partial charge in [-0.3, -0.25) is 19.4 Å². The van der Waals surface area contributed by atoms with E-state index in [1.807, 2.05) is 42.8 Å². The summed E-state index contributed by atoms with van der Waals surface area (Å²) in [5.41, 5.74) is 9.57. The minimum absolute atomic E-state index is 0.0100. The van der Waals surface area contributed by atoms with E-state index in [1.165, 1.54) is 6.08 Å². The number of H-pyrrole nitrogens is 1. The van der Waals surface area contributed by atoms with E-state index < -0.39 is 11.8 Å². The van der Waals surface area contributed by atoms with E-state index in [9.17, 15) is 9.59 Å². The summed E-state index contributed by atoms with van der Waals surface area (Å²) < 4.78 is 1.85. The maximum atomic E-state index is 12.3. The summed E-state index contributed by atoms with van der Waals surface area (Å²) in [5, 5.41) is 14.3. The second-order valence-corrected chi connectivity index (χ2v) is 7.00. The lowest BCUT2D eigenvalue weighted by atomic mass is 10.1. The topological polar surface area (TPSA) is 119 Å². The van der Waals surface area contributed by atoms with Crippen LogP contribution >= 0.6 is 11.6 Å². The molecule has 0 fully saturated rings. The van der Waals surface area contributed by atoms with Crippen molar-refractivity contribution in [3.63, 3.8) is 0 Å². The second kappa shape index (κ2) is 8.32. The first-order valence-electron chi connectivity index (χ1n) is 8.89. The SMILES string of the molecule is Cc1nn(Cc2ccccc2Cl)c(C)c1/C=C/C(=O)Nc1c(C(N)=O)n[nH]c1C. The minimum Gasteiger partial charge on any atom is -0.364 e. The lowest BCUT2D eigenvalue weighted by Crippen LogP contribution is -2.16. The van der Waals surface area contributed by atoms with Gasteiger partial charge in [-0.2, -0.15) is 10.2 Å². The van der Waals surface area contributed by atoms with Crippen LogP contribution in [-0.2, 0) is 11.3 Å². The van der Waals surface area contributed by atoms with Gasteiger partial charge in [-0.1, -0.05) is 29.8 Å². The molecule has 3 aromatic rings. The van der Waals surface area contributed by atoms with Gasteiger partial charge in [-0.25, -0.2) is 0 Å². The van der Waals surface area contributed by atoms with E-state index in [1.54, 1.807) is 13.0 Å². The molecule has 0 spiro atoms. The van der Waals surface area contributed by atoms with Crippen molar-refractivity contribution in [1.29, 1.82) is 0 Å². The highest BCUT2D eigenvalue weighted by atomic mass is 35.5. The van der Waals surface area contributed by atoms with Crippen molar-refractivity contribution in [2.24, 2.45) is 5.73 Å². The molecule has 0 saturated heterocycles. The number of hydrogen-bond acceptors (Lipinski definition) is 4. The van der Waals surface area contributed by atoms with Gasteiger partial charge in [0.15, 0.2) is 5.69 Å². The molecule has 29 heavy (non-hydrogen) atoms. The molecule has 2 aromatic heterocycles. The molecule has 2 amide bonds. The Labute approximate surface area is 172 Å². The predicted octanol–water partition coefficient (Wildman–Crippen LogP) is 2.98. The number of nitrogens with one attached hydrogen (secondary N) is 2. The number of aryl methyl sites for hydroxylation is 2. The third kappa shape index (κ3) is 4.38. The molecular weight excluding hydrogens is 392 g/mol. The number of carbonyl (C=O) groups excluding carboxylic acids is 2. The summed E-state index contributed by atoms with van der Waals surface area (Å²) in [7, 11) is 0. The molecule has 2 heterocycles. The van der Waals surface area contributed by atoms with E-state index in [2.05, 4.69) is 20.6 Å². The van der Waals surface area contributed by atoms with Crippen LogP contribution in [0.25, 0.3) is 6.08 Å². The quantitative estimate of drug-likeness (QED) is 0.539. The maximum Gasteiger partial charge on any atom is 0.271 e. The third-order valence-corrected chi connectivity index (χ3v) is 4.91. The van der Waals surface area contributed by atoms with Gasteiger partial charge in [0.2, 0.25) is 5.91 Å². The highest BCUT2D eigenvalue weighted by molar-refractivity contribution is 6.31. The molecular formula is C20H21ClN6O2. The molecule has 4 N–H and O–H groups in total. The first-order chi connectivity index (χ1) is 13.8. The fraction of sp³-hybridized carbons (Fsp3) is 0.200. The monoisotopic (exact) mass is 412 g/mol. The van der Waals surface area contributed by atoms with Crippen molar-refractivity contribution in [3.8, 4) is 0 Å². The standard InChI is InChI=1S/C20H21ClN6O2/c1-11-15(13(3)27(26-11)10-14-6-4-5-7-16(14)21)8-9-17(28)23-18-12(2)24-25-19(18)20(22)29/h4-9H,10H2,1-3H3,(H2,22,29)(H,23,28)(H,24,25)/b9-8+. The van der Waals surface area contributed by atoms with E-state index in [4.69, 9.17) is 17.3 Å². The summed E-state index contributed by atoms with van der Waals surface area (Å²) in [4.78, 5) is 23.8. The maximum absolute atomic E-state index is 12.3.